The van der Waals surface area contributed by atoms with Crippen molar-refractivity contribution in [3.05, 3.63) is 51.7 Å². The average molecular weight is 280 g/mol. The molecule has 2 N–H and O–H groups in total. The van der Waals surface area contributed by atoms with Crippen molar-refractivity contribution in [3.8, 4) is 0 Å². The topological polar surface area (TPSA) is 51.8 Å². The Hall–Kier alpha value is -1.68. The van der Waals surface area contributed by atoms with Crippen molar-refractivity contribution in [2.75, 3.05) is 5.73 Å². The van der Waals surface area contributed by atoms with Gasteiger partial charge in [0, 0.05) is 22.7 Å². The summed E-state index contributed by atoms with van der Waals surface area (Å²) in [5, 5.41) is 0.374. The van der Waals surface area contributed by atoms with Crippen LogP contribution >= 0.6 is 11.6 Å². The first kappa shape index (κ1) is 13.7. The molecule has 0 amide bonds. The largest absolute Gasteiger partial charge is 0.383 e. The van der Waals surface area contributed by atoms with E-state index in [0.29, 0.717) is 23.1 Å². The standard InChI is InChI=1S/C14H15ClFN3/c1-3-11-8(2)18-13(19-14(11)17)6-9-4-5-10(16)7-12(9)15/h4-5,7H,3,6H2,1-2H3,(H2,17,18,19). The second-order valence-electron chi connectivity index (χ2n) is 4.36. The highest BCUT2D eigenvalue weighted by molar-refractivity contribution is 6.31. The maximum atomic E-state index is 13.0. The van der Waals surface area contributed by atoms with E-state index in [9.17, 15) is 4.39 Å². The number of anilines is 1. The summed E-state index contributed by atoms with van der Waals surface area (Å²) in [6.45, 7) is 3.92. The molecule has 0 unspecified atom stereocenters. The first-order valence-electron chi connectivity index (χ1n) is 6.07. The fourth-order valence-corrected chi connectivity index (χ4v) is 2.26. The Balaban J connectivity index is 2.33. The normalized spacial score (nSPS) is 10.7. The highest BCUT2D eigenvalue weighted by atomic mass is 35.5. The molecule has 100 valence electrons. The van der Waals surface area contributed by atoms with Gasteiger partial charge in [-0.15, -0.1) is 0 Å². The number of aryl methyl sites for hydroxylation is 1. The second kappa shape index (κ2) is 5.53. The molecule has 0 bridgehead atoms. The zero-order valence-electron chi connectivity index (χ0n) is 10.9. The summed E-state index contributed by atoms with van der Waals surface area (Å²) >= 11 is 5.99. The number of benzene rings is 1. The molecule has 1 aromatic carbocycles. The molecule has 0 aliphatic rings. The van der Waals surface area contributed by atoms with E-state index in [1.54, 1.807) is 6.07 Å². The third kappa shape index (κ3) is 3.01. The summed E-state index contributed by atoms with van der Waals surface area (Å²) in [6, 6.07) is 4.30. The predicted octanol–water partition coefficient (Wildman–Crippen LogP) is 3.31. The molecule has 1 aromatic heterocycles. The molecule has 0 spiro atoms. The van der Waals surface area contributed by atoms with E-state index in [1.807, 2.05) is 13.8 Å². The van der Waals surface area contributed by atoms with Gasteiger partial charge in [0.1, 0.15) is 17.5 Å². The quantitative estimate of drug-likeness (QED) is 0.938. The predicted molar refractivity (Wildman–Crippen MR) is 74.8 cm³/mol. The molecule has 0 atom stereocenters. The lowest BCUT2D eigenvalue weighted by molar-refractivity contribution is 0.627. The van der Waals surface area contributed by atoms with Crippen LogP contribution in [0.3, 0.4) is 0 Å². The summed E-state index contributed by atoms with van der Waals surface area (Å²) in [4.78, 5) is 8.70. The van der Waals surface area contributed by atoms with Crippen LogP contribution in [0.15, 0.2) is 18.2 Å². The van der Waals surface area contributed by atoms with Crippen LogP contribution in [0.5, 0.6) is 0 Å². The number of rotatable bonds is 3. The zero-order chi connectivity index (χ0) is 14.0. The molecule has 0 saturated carbocycles. The minimum absolute atomic E-state index is 0.355. The number of nitrogens with zero attached hydrogens (tertiary/aromatic N) is 2. The first-order valence-corrected chi connectivity index (χ1v) is 6.44. The Morgan fingerprint density at radius 2 is 2.05 bits per heavy atom. The number of aromatic nitrogens is 2. The van der Waals surface area contributed by atoms with Crippen LogP contribution in [0.2, 0.25) is 5.02 Å². The van der Waals surface area contributed by atoms with E-state index in [1.165, 1.54) is 12.1 Å². The SMILES string of the molecule is CCc1c(C)nc(Cc2ccc(F)cc2Cl)nc1N. The number of hydrogen-bond acceptors (Lipinski definition) is 3. The molecule has 0 radical (unpaired) electrons. The van der Waals surface area contributed by atoms with Crippen molar-refractivity contribution < 1.29 is 4.39 Å². The van der Waals surface area contributed by atoms with E-state index in [2.05, 4.69) is 9.97 Å². The van der Waals surface area contributed by atoms with E-state index in [-0.39, 0.29) is 5.82 Å². The van der Waals surface area contributed by atoms with E-state index < -0.39 is 0 Å². The van der Waals surface area contributed by atoms with Gasteiger partial charge in [-0.05, 0) is 31.0 Å². The van der Waals surface area contributed by atoms with Crippen molar-refractivity contribution in [2.24, 2.45) is 0 Å². The molecule has 19 heavy (non-hydrogen) atoms. The van der Waals surface area contributed by atoms with Crippen LogP contribution in [-0.4, -0.2) is 9.97 Å². The van der Waals surface area contributed by atoms with Gasteiger partial charge in [-0.3, -0.25) is 0 Å². The van der Waals surface area contributed by atoms with E-state index in [4.69, 9.17) is 17.3 Å². The maximum absolute atomic E-state index is 13.0. The van der Waals surface area contributed by atoms with Crippen LogP contribution in [0.1, 0.15) is 29.6 Å². The second-order valence-corrected chi connectivity index (χ2v) is 4.76. The highest BCUT2D eigenvalue weighted by Crippen LogP contribution is 2.21. The lowest BCUT2D eigenvalue weighted by Crippen LogP contribution is -2.07. The number of nitrogen functional groups attached to an aromatic ring is 1. The molecule has 0 saturated heterocycles. The van der Waals surface area contributed by atoms with Gasteiger partial charge in [-0.25, -0.2) is 14.4 Å². The first-order chi connectivity index (χ1) is 9.01. The fraction of sp³-hybridized carbons (Fsp3) is 0.286. The summed E-state index contributed by atoms with van der Waals surface area (Å²) < 4.78 is 13.0. The Labute approximate surface area is 116 Å². The number of nitrogens with two attached hydrogens (primary N) is 1. The van der Waals surface area contributed by atoms with Crippen LogP contribution in [0.4, 0.5) is 10.2 Å². The van der Waals surface area contributed by atoms with Gasteiger partial charge in [0.15, 0.2) is 0 Å². The minimum atomic E-state index is -0.355. The Bertz CT molecular complexity index is 591. The fourth-order valence-electron chi connectivity index (χ4n) is 2.03. The molecule has 0 aliphatic carbocycles. The molecule has 2 aromatic rings. The van der Waals surface area contributed by atoms with Crippen molar-refractivity contribution in [3.63, 3.8) is 0 Å². The third-order valence-electron chi connectivity index (χ3n) is 3.01. The van der Waals surface area contributed by atoms with Gasteiger partial charge in [0.2, 0.25) is 0 Å². The Morgan fingerprint density at radius 1 is 1.32 bits per heavy atom. The van der Waals surface area contributed by atoms with Crippen molar-refractivity contribution >= 4 is 17.4 Å². The molecule has 3 nitrogen and oxygen atoms in total. The van der Waals surface area contributed by atoms with Crippen molar-refractivity contribution in [2.45, 2.75) is 26.7 Å². The molecular weight excluding hydrogens is 265 g/mol. The maximum Gasteiger partial charge on any atom is 0.135 e. The van der Waals surface area contributed by atoms with Gasteiger partial charge >= 0.3 is 0 Å². The molecule has 0 fully saturated rings. The molecule has 0 aliphatic heterocycles. The Morgan fingerprint density at radius 3 is 2.63 bits per heavy atom. The van der Waals surface area contributed by atoms with Crippen LogP contribution in [-0.2, 0) is 12.8 Å². The van der Waals surface area contributed by atoms with Gasteiger partial charge in [0.25, 0.3) is 0 Å². The minimum Gasteiger partial charge on any atom is -0.383 e. The summed E-state index contributed by atoms with van der Waals surface area (Å²) in [7, 11) is 0. The molecule has 2 rings (SSSR count). The highest BCUT2D eigenvalue weighted by Gasteiger charge is 2.10. The monoisotopic (exact) mass is 279 g/mol. The molecular formula is C14H15ClFN3. The number of hydrogen-bond donors (Lipinski definition) is 1. The smallest absolute Gasteiger partial charge is 0.135 e. The lowest BCUT2D eigenvalue weighted by Gasteiger charge is -2.09. The Kier molecular flexibility index (Phi) is 4.00. The van der Waals surface area contributed by atoms with Gasteiger partial charge < -0.3 is 5.73 Å². The molecule has 5 heteroatoms. The van der Waals surface area contributed by atoms with Crippen LogP contribution in [0.25, 0.3) is 0 Å². The summed E-state index contributed by atoms with van der Waals surface area (Å²) in [5.41, 5.74) is 8.53. The van der Waals surface area contributed by atoms with E-state index in [0.717, 1.165) is 23.2 Å². The van der Waals surface area contributed by atoms with Crippen LogP contribution in [0, 0.1) is 12.7 Å². The summed E-state index contributed by atoms with van der Waals surface area (Å²) in [6.07, 6.45) is 1.24. The van der Waals surface area contributed by atoms with Crippen molar-refractivity contribution in [1.29, 1.82) is 0 Å². The molecule has 1 heterocycles. The lowest BCUT2D eigenvalue weighted by atomic mass is 10.1. The zero-order valence-corrected chi connectivity index (χ0v) is 11.6. The van der Waals surface area contributed by atoms with Gasteiger partial charge in [-0.1, -0.05) is 24.6 Å². The van der Waals surface area contributed by atoms with Crippen LogP contribution < -0.4 is 5.73 Å². The van der Waals surface area contributed by atoms with Crippen molar-refractivity contribution in [1.82, 2.24) is 9.97 Å². The number of halogens is 2. The third-order valence-corrected chi connectivity index (χ3v) is 3.36. The van der Waals surface area contributed by atoms with E-state index >= 15 is 0 Å². The van der Waals surface area contributed by atoms with Gasteiger partial charge in [-0.2, -0.15) is 0 Å². The average Bonchev–Trinajstić information content (AvgIpc) is 2.32. The van der Waals surface area contributed by atoms with Gasteiger partial charge in [0.05, 0.1) is 0 Å². The summed E-state index contributed by atoms with van der Waals surface area (Å²) in [5.74, 6) is 0.746.